The fraction of sp³-hybridized carbons (Fsp3) is 0.364. The molecule has 7 nitrogen and oxygen atoms in total. The van der Waals surface area contributed by atoms with Crippen molar-refractivity contribution in [2.75, 3.05) is 13.2 Å². The molecule has 0 bridgehead atoms. The predicted molar refractivity (Wildman–Crippen MR) is 160 cm³/mol. The van der Waals surface area contributed by atoms with Crippen LogP contribution in [0.25, 0.3) is 11.1 Å². The number of aromatic carboxylic acids is 1. The molecule has 3 aromatic carbocycles. The lowest BCUT2D eigenvalue weighted by atomic mass is 9.87. The molecule has 2 amide bonds. The molecule has 212 valence electrons. The first kappa shape index (κ1) is 30.4. The van der Waals surface area contributed by atoms with E-state index in [4.69, 9.17) is 10.1 Å². The fourth-order valence-electron chi connectivity index (χ4n) is 4.51. The number of rotatable bonds is 11. The second kappa shape index (κ2) is 13.8. The van der Waals surface area contributed by atoms with Gasteiger partial charge in [0.15, 0.2) is 0 Å². The number of amidine groups is 1. The first-order valence-corrected chi connectivity index (χ1v) is 13.8. The van der Waals surface area contributed by atoms with Crippen LogP contribution in [0.4, 0.5) is 4.79 Å². The van der Waals surface area contributed by atoms with Crippen molar-refractivity contribution < 1.29 is 19.4 Å². The van der Waals surface area contributed by atoms with Gasteiger partial charge in [0.25, 0.3) is 0 Å². The molecule has 3 N–H and O–H groups in total. The topological polar surface area (TPSA) is 103 Å². The number of carbonyl (C=O) groups excluding carboxylic acids is 1. The summed E-state index contributed by atoms with van der Waals surface area (Å²) in [5, 5.41) is 21.0. The number of nitrogens with one attached hydrogen (secondary N) is 2. The zero-order chi connectivity index (χ0) is 29.3. The number of amides is 2. The van der Waals surface area contributed by atoms with Crippen molar-refractivity contribution >= 4 is 17.8 Å². The van der Waals surface area contributed by atoms with E-state index in [9.17, 15) is 14.7 Å². The quantitative estimate of drug-likeness (QED) is 0.175. The molecule has 0 aromatic heterocycles. The minimum Gasteiger partial charge on any atom is -0.493 e. The average Bonchev–Trinajstić information content (AvgIpc) is 2.92. The summed E-state index contributed by atoms with van der Waals surface area (Å²) in [4.78, 5) is 26.0. The van der Waals surface area contributed by atoms with Crippen molar-refractivity contribution in [1.82, 2.24) is 10.2 Å². The van der Waals surface area contributed by atoms with Crippen LogP contribution in [0.3, 0.4) is 0 Å². The number of hydrogen-bond donors (Lipinski definition) is 3. The minimum absolute atomic E-state index is 0.0797. The van der Waals surface area contributed by atoms with E-state index in [-0.39, 0.29) is 22.8 Å². The lowest BCUT2D eigenvalue weighted by Crippen LogP contribution is -2.43. The number of ether oxygens (including phenoxy) is 1. The number of carboxylic acids is 1. The van der Waals surface area contributed by atoms with E-state index in [0.29, 0.717) is 38.3 Å². The van der Waals surface area contributed by atoms with Crippen LogP contribution in [0.15, 0.2) is 66.7 Å². The summed E-state index contributed by atoms with van der Waals surface area (Å²) in [7, 11) is 0. The van der Waals surface area contributed by atoms with Crippen molar-refractivity contribution in [3.8, 4) is 16.9 Å². The smallest absolute Gasteiger partial charge is 0.339 e. The monoisotopic (exact) mass is 543 g/mol. The third-order valence-electron chi connectivity index (χ3n) is 6.80. The van der Waals surface area contributed by atoms with Gasteiger partial charge in [-0.1, -0.05) is 75.4 Å². The minimum atomic E-state index is -1.03. The second-order valence-corrected chi connectivity index (χ2v) is 10.8. The van der Waals surface area contributed by atoms with Crippen LogP contribution >= 0.6 is 0 Å². The van der Waals surface area contributed by atoms with Crippen molar-refractivity contribution in [3.05, 3.63) is 89.0 Å². The molecule has 0 heterocycles. The fourth-order valence-corrected chi connectivity index (χ4v) is 4.51. The highest BCUT2D eigenvalue weighted by molar-refractivity contribution is 5.96. The number of aryl methyl sites for hydroxylation is 1. The van der Waals surface area contributed by atoms with Crippen LogP contribution in [0.1, 0.15) is 74.5 Å². The number of carboxylic acid groups (broad SMARTS) is 1. The Labute approximate surface area is 237 Å². The largest absolute Gasteiger partial charge is 0.493 e. The summed E-state index contributed by atoms with van der Waals surface area (Å²) >= 11 is 0. The SMILES string of the molecule is CCOc1ccc(-c2cccc(CCCC(=N)N(CC)C(=O)NCc3ccc(C(C)(C)C)cc3)c2)cc1C(=O)O. The third-order valence-corrected chi connectivity index (χ3v) is 6.80. The number of nitrogens with zero attached hydrogens (tertiary/aromatic N) is 1. The summed E-state index contributed by atoms with van der Waals surface area (Å²) in [6.07, 6.45) is 1.92. The molecule has 0 aliphatic rings. The Balaban J connectivity index is 1.56. The van der Waals surface area contributed by atoms with Crippen LogP contribution in [-0.2, 0) is 18.4 Å². The van der Waals surface area contributed by atoms with E-state index in [1.54, 1.807) is 12.1 Å². The number of benzene rings is 3. The zero-order valence-electron chi connectivity index (χ0n) is 24.2. The molecular formula is C33H41N3O4. The lowest BCUT2D eigenvalue weighted by molar-refractivity contribution is 0.0692. The second-order valence-electron chi connectivity index (χ2n) is 10.8. The Kier molecular flexibility index (Phi) is 10.5. The Hall–Kier alpha value is -4.13. The molecule has 0 atom stereocenters. The van der Waals surface area contributed by atoms with Gasteiger partial charge in [0.2, 0.25) is 0 Å². The first-order valence-electron chi connectivity index (χ1n) is 13.8. The Bertz CT molecular complexity index is 1330. The standard InChI is InChI=1S/C33H41N3O4/c1-6-36(32(39)35-22-24-14-17-27(18-15-24)33(3,4)5)30(34)13-9-11-23-10-8-12-25(20-23)26-16-19-29(40-7-2)28(21-26)31(37)38/h8,10,12,14-21,34H,6-7,9,11,13,22H2,1-5H3,(H,35,39)(H,37,38). The average molecular weight is 544 g/mol. The maximum atomic E-state index is 12.8. The van der Waals surface area contributed by atoms with Gasteiger partial charge in [-0.05, 0) is 72.1 Å². The van der Waals surface area contributed by atoms with Crippen LogP contribution in [0.2, 0.25) is 0 Å². The Morgan fingerprint density at radius 3 is 2.27 bits per heavy atom. The summed E-state index contributed by atoms with van der Waals surface area (Å²) in [6, 6.07) is 21.2. The van der Waals surface area contributed by atoms with Gasteiger partial charge < -0.3 is 15.2 Å². The molecule has 40 heavy (non-hydrogen) atoms. The van der Waals surface area contributed by atoms with Crippen molar-refractivity contribution in [2.24, 2.45) is 0 Å². The van der Waals surface area contributed by atoms with Gasteiger partial charge >= 0.3 is 12.0 Å². The van der Waals surface area contributed by atoms with Gasteiger partial charge in [0.05, 0.1) is 6.61 Å². The molecule has 0 radical (unpaired) electrons. The molecule has 0 aliphatic carbocycles. The van der Waals surface area contributed by atoms with Crippen molar-refractivity contribution in [2.45, 2.75) is 65.8 Å². The van der Waals surface area contributed by atoms with Gasteiger partial charge in [-0.15, -0.1) is 0 Å². The molecule has 7 heteroatoms. The van der Waals surface area contributed by atoms with Gasteiger partial charge in [-0.3, -0.25) is 10.3 Å². The van der Waals surface area contributed by atoms with E-state index in [2.05, 4.69) is 38.2 Å². The van der Waals surface area contributed by atoms with Crippen molar-refractivity contribution in [3.63, 3.8) is 0 Å². The summed E-state index contributed by atoms with van der Waals surface area (Å²) in [5.74, 6) is -0.379. The third kappa shape index (κ3) is 8.18. The molecular weight excluding hydrogens is 502 g/mol. The predicted octanol–water partition coefficient (Wildman–Crippen LogP) is 7.28. The van der Waals surface area contributed by atoms with Crippen LogP contribution < -0.4 is 10.1 Å². The highest BCUT2D eigenvalue weighted by atomic mass is 16.5. The van der Waals surface area contributed by atoms with Crippen LogP contribution in [0, 0.1) is 5.41 Å². The number of hydrogen-bond acceptors (Lipinski definition) is 4. The van der Waals surface area contributed by atoms with Crippen LogP contribution in [-0.4, -0.2) is 41.0 Å². The highest BCUT2D eigenvalue weighted by Crippen LogP contribution is 2.28. The molecule has 0 fully saturated rings. The highest BCUT2D eigenvalue weighted by Gasteiger charge is 2.17. The Morgan fingerprint density at radius 2 is 1.65 bits per heavy atom. The number of carbonyl (C=O) groups is 2. The molecule has 3 aromatic rings. The van der Waals surface area contributed by atoms with E-state index in [1.165, 1.54) is 10.5 Å². The maximum Gasteiger partial charge on any atom is 0.339 e. The van der Waals surface area contributed by atoms with Gasteiger partial charge in [-0.25, -0.2) is 9.59 Å². The summed E-state index contributed by atoms with van der Waals surface area (Å²) in [5.41, 5.74) is 5.29. The summed E-state index contributed by atoms with van der Waals surface area (Å²) in [6.45, 7) is 11.4. The van der Waals surface area contributed by atoms with Gasteiger partial charge in [-0.2, -0.15) is 0 Å². The van der Waals surface area contributed by atoms with E-state index < -0.39 is 5.97 Å². The van der Waals surface area contributed by atoms with E-state index in [1.807, 2.05) is 56.3 Å². The number of urea groups is 1. The molecule has 0 spiro atoms. The van der Waals surface area contributed by atoms with Crippen molar-refractivity contribution in [1.29, 1.82) is 5.41 Å². The van der Waals surface area contributed by atoms with E-state index >= 15 is 0 Å². The maximum absolute atomic E-state index is 12.8. The normalized spacial score (nSPS) is 11.1. The van der Waals surface area contributed by atoms with Gasteiger partial charge in [0, 0.05) is 19.5 Å². The van der Waals surface area contributed by atoms with Gasteiger partial charge in [0.1, 0.15) is 17.1 Å². The molecule has 0 saturated heterocycles. The van der Waals surface area contributed by atoms with Crippen LogP contribution in [0.5, 0.6) is 5.75 Å². The molecule has 0 aliphatic heterocycles. The molecule has 0 unspecified atom stereocenters. The molecule has 0 saturated carbocycles. The van der Waals surface area contributed by atoms with E-state index in [0.717, 1.165) is 28.7 Å². The zero-order valence-corrected chi connectivity index (χ0v) is 24.2. The lowest BCUT2D eigenvalue weighted by Gasteiger charge is -2.22. The Morgan fingerprint density at radius 1 is 0.950 bits per heavy atom. The summed E-state index contributed by atoms with van der Waals surface area (Å²) < 4.78 is 5.45. The molecule has 3 rings (SSSR count). The first-order chi connectivity index (χ1) is 19.0.